The van der Waals surface area contributed by atoms with Gasteiger partial charge in [-0.3, -0.25) is 8.37 Å². The molecular formula is C19H24O6S2. The highest BCUT2D eigenvalue weighted by Gasteiger charge is 2.30. The van der Waals surface area contributed by atoms with E-state index in [0.717, 1.165) is 11.1 Å². The molecule has 2 aromatic rings. The lowest BCUT2D eigenvalue weighted by atomic mass is 10.2. The summed E-state index contributed by atoms with van der Waals surface area (Å²) >= 11 is 0. The normalized spacial score (nSPS) is 14.7. The first-order valence-electron chi connectivity index (χ1n) is 8.55. The first-order valence-corrected chi connectivity index (χ1v) is 11.4. The summed E-state index contributed by atoms with van der Waals surface area (Å²) in [6.07, 6.45) is -1.68. The molecule has 2 aromatic carbocycles. The Labute approximate surface area is 161 Å². The number of hydrogen-bond acceptors (Lipinski definition) is 6. The predicted octanol–water partition coefficient (Wildman–Crippen LogP) is 3.58. The van der Waals surface area contributed by atoms with Crippen LogP contribution in [0.15, 0.2) is 58.3 Å². The molecule has 0 amide bonds. The van der Waals surface area contributed by atoms with Gasteiger partial charge in [-0.2, -0.15) is 16.8 Å². The molecule has 0 radical (unpaired) electrons. The highest BCUT2D eigenvalue weighted by molar-refractivity contribution is 7.87. The zero-order chi connectivity index (χ0) is 20.2. The van der Waals surface area contributed by atoms with E-state index in [2.05, 4.69) is 0 Å². The van der Waals surface area contributed by atoms with Crippen LogP contribution in [0, 0.1) is 13.8 Å². The van der Waals surface area contributed by atoms with E-state index in [1.807, 2.05) is 0 Å². The summed E-state index contributed by atoms with van der Waals surface area (Å²) in [5.74, 6) is 0. The molecule has 0 saturated heterocycles. The minimum atomic E-state index is -4.04. The fraction of sp³-hybridized carbons (Fsp3) is 0.368. The Bertz CT molecular complexity index is 996. The third kappa shape index (κ3) is 5.62. The highest BCUT2D eigenvalue weighted by Crippen LogP contribution is 2.22. The van der Waals surface area contributed by atoms with E-state index in [1.54, 1.807) is 45.0 Å². The van der Waals surface area contributed by atoms with Gasteiger partial charge in [0.1, 0.15) is 12.2 Å². The Kier molecular flexibility index (Phi) is 6.80. The standard InChI is InChI=1S/C19H24O6S2/c1-5-19(25-27(22,23)18-11-7-9-15(3)13-18)16(4)24-26(20,21)17-10-6-8-14(2)12-17/h6-13,16,19H,5H2,1-4H3. The van der Waals surface area contributed by atoms with Gasteiger partial charge in [0.2, 0.25) is 0 Å². The molecule has 148 valence electrons. The van der Waals surface area contributed by atoms with Crippen molar-refractivity contribution in [1.29, 1.82) is 0 Å². The Morgan fingerprint density at radius 3 is 1.67 bits per heavy atom. The van der Waals surface area contributed by atoms with Gasteiger partial charge in [0.05, 0.1) is 9.79 Å². The fourth-order valence-corrected chi connectivity index (χ4v) is 5.07. The van der Waals surface area contributed by atoms with Crippen LogP contribution < -0.4 is 0 Å². The van der Waals surface area contributed by atoms with Gasteiger partial charge in [-0.25, -0.2) is 0 Å². The Hall–Kier alpha value is -1.74. The number of hydrogen-bond donors (Lipinski definition) is 0. The quantitative estimate of drug-likeness (QED) is 0.616. The molecular weight excluding hydrogens is 388 g/mol. The second kappa shape index (κ2) is 8.52. The average Bonchev–Trinajstić information content (AvgIpc) is 2.59. The van der Waals surface area contributed by atoms with Crippen LogP contribution >= 0.6 is 0 Å². The maximum Gasteiger partial charge on any atom is 0.297 e. The molecule has 0 bridgehead atoms. The summed E-state index contributed by atoms with van der Waals surface area (Å²) < 4.78 is 60.5. The van der Waals surface area contributed by atoms with Gasteiger partial charge in [0.15, 0.2) is 0 Å². The molecule has 0 aliphatic rings. The molecule has 0 aliphatic carbocycles. The molecule has 0 saturated carbocycles. The Morgan fingerprint density at radius 2 is 1.26 bits per heavy atom. The minimum Gasteiger partial charge on any atom is -0.261 e. The van der Waals surface area contributed by atoms with Crippen LogP contribution in [0.1, 0.15) is 31.4 Å². The molecule has 2 atom stereocenters. The first kappa shape index (κ1) is 21.6. The van der Waals surface area contributed by atoms with E-state index in [4.69, 9.17) is 8.37 Å². The molecule has 0 aromatic heterocycles. The molecule has 0 fully saturated rings. The molecule has 2 rings (SSSR count). The third-order valence-corrected chi connectivity index (χ3v) is 6.73. The largest absolute Gasteiger partial charge is 0.297 e. The van der Waals surface area contributed by atoms with Gasteiger partial charge in [0.25, 0.3) is 20.2 Å². The molecule has 27 heavy (non-hydrogen) atoms. The van der Waals surface area contributed by atoms with Gasteiger partial charge >= 0.3 is 0 Å². The number of benzene rings is 2. The van der Waals surface area contributed by atoms with E-state index in [0.29, 0.717) is 0 Å². The van der Waals surface area contributed by atoms with Crippen molar-refractivity contribution in [2.75, 3.05) is 0 Å². The SMILES string of the molecule is CCC(OS(=O)(=O)c1cccc(C)c1)C(C)OS(=O)(=O)c1cccc(C)c1. The molecule has 0 N–H and O–H groups in total. The summed E-state index contributed by atoms with van der Waals surface area (Å²) in [5.41, 5.74) is 1.55. The highest BCUT2D eigenvalue weighted by atomic mass is 32.2. The van der Waals surface area contributed by atoms with Crippen LogP contribution in [-0.2, 0) is 28.6 Å². The number of rotatable bonds is 8. The summed E-state index contributed by atoms with van der Waals surface area (Å²) in [6.45, 7) is 6.73. The van der Waals surface area contributed by atoms with E-state index in [-0.39, 0.29) is 16.2 Å². The van der Waals surface area contributed by atoms with Gasteiger partial charge < -0.3 is 0 Å². The van der Waals surface area contributed by atoms with E-state index >= 15 is 0 Å². The maximum absolute atomic E-state index is 12.5. The van der Waals surface area contributed by atoms with E-state index < -0.39 is 32.4 Å². The van der Waals surface area contributed by atoms with Gasteiger partial charge in [-0.05, 0) is 62.6 Å². The zero-order valence-corrected chi connectivity index (χ0v) is 17.4. The van der Waals surface area contributed by atoms with Crippen molar-refractivity contribution in [2.45, 2.75) is 56.1 Å². The van der Waals surface area contributed by atoms with Crippen LogP contribution in [0.4, 0.5) is 0 Å². The van der Waals surface area contributed by atoms with Crippen molar-refractivity contribution in [3.63, 3.8) is 0 Å². The summed E-state index contributed by atoms with van der Waals surface area (Å²) in [5, 5.41) is 0. The lowest BCUT2D eigenvalue weighted by molar-refractivity contribution is 0.0720. The van der Waals surface area contributed by atoms with Crippen LogP contribution in [0.25, 0.3) is 0 Å². The smallest absolute Gasteiger partial charge is 0.261 e. The second-order valence-corrected chi connectivity index (χ2v) is 9.53. The van der Waals surface area contributed by atoms with Gasteiger partial charge in [-0.15, -0.1) is 0 Å². The zero-order valence-electron chi connectivity index (χ0n) is 15.7. The number of aryl methyl sites for hydroxylation is 2. The topological polar surface area (TPSA) is 86.7 Å². The molecule has 6 nitrogen and oxygen atoms in total. The van der Waals surface area contributed by atoms with Crippen LogP contribution in [-0.4, -0.2) is 29.0 Å². The summed E-state index contributed by atoms with van der Waals surface area (Å²) in [4.78, 5) is 0.0421. The van der Waals surface area contributed by atoms with Crippen LogP contribution in [0.3, 0.4) is 0 Å². The molecule has 0 spiro atoms. The van der Waals surface area contributed by atoms with E-state index in [1.165, 1.54) is 31.2 Å². The molecule has 2 unspecified atom stereocenters. The van der Waals surface area contributed by atoms with Gasteiger partial charge in [0, 0.05) is 0 Å². The summed E-state index contributed by atoms with van der Waals surface area (Å²) in [7, 11) is -8.08. The van der Waals surface area contributed by atoms with E-state index in [9.17, 15) is 16.8 Å². The molecule has 8 heteroatoms. The second-order valence-electron chi connectivity index (χ2n) is 6.39. The minimum absolute atomic E-state index is 0.0192. The lowest BCUT2D eigenvalue weighted by Crippen LogP contribution is -2.32. The van der Waals surface area contributed by atoms with Crippen LogP contribution in [0.5, 0.6) is 0 Å². The molecule has 0 aliphatic heterocycles. The average molecular weight is 413 g/mol. The monoisotopic (exact) mass is 412 g/mol. The lowest BCUT2D eigenvalue weighted by Gasteiger charge is -2.22. The molecule has 0 heterocycles. The summed E-state index contributed by atoms with van der Waals surface area (Å²) in [6, 6.07) is 12.6. The van der Waals surface area contributed by atoms with Crippen molar-refractivity contribution < 1.29 is 25.2 Å². The van der Waals surface area contributed by atoms with Crippen molar-refractivity contribution >= 4 is 20.2 Å². The maximum atomic E-state index is 12.5. The van der Waals surface area contributed by atoms with Crippen LogP contribution in [0.2, 0.25) is 0 Å². The van der Waals surface area contributed by atoms with Crippen molar-refractivity contribution in [2.24, 2.45) is 0 Å². The predicted molar refractivity (Wildman–Crippen MR) is 102 cm³/mol. The fourth-order valence-electron chi connectivity index (χ4n) is 2.56. The van der Waals surface area contributed by atoms with Crippen molar-refractivity contribution in [1.82, 2.24) is 0 Å². The Morgan fingerprint density at radius 1 is 0.815 bits per heavy atom. The third-order valence-electron chi connectivity index (χ3n) is 4.01. The first-order chi connectivity index (χ1) is 12.5. The van der Waals surface area contributed by atoms with Crippen molar-refractivity contribution in [3.8, 4) is 0 Å². The van der Waals surface area contributed by atoms with Crippen molar-refractivity contribution in [3.05, 3.63) is 59.7 Å². The van der Waals surface area contributed by atoms with Gasteiger partial charge in [-0.1, -0.05) is 31.2 Å². The Balaban J connectivity index is 2.19.